The first kappa shape index (κ1) is 20.3. The summed E-state index contributed by atoms with van der Waals surface area (Å²) < 4.78 is 6.35. The summed E-state index contributed by atoms with van der Waals surface area (Å²) in [5.74, 6) is 0.943. The van der Waals surface area contributed by atoms with Gasteiger partial charge >= 0.3 is 0 Å². The molecular formula is C22H35N3O2S. The van der Waals surface area contributed by atoms with Crippen LogP contribution in [0.4, 0.5) is 0 Å². The van der Waals surface area contributed by atoms with Gasteiger partial charge in [0.05, 0.1) is 10.5 Å². The summed E-state index contributed by atoms with van der Waals surface area (Å²) in [6.45, 7) is 13.1. The van der Waals surface area contributed by atoms with Crippen LogP contribution in [-0.4, -0.2) is 84.7 Å². The lowest BCUT2D eigenvalue weighted by Gasteiger charge is -2.49. The number of carbonyl (C=O) groups excluding carboxylic acids is 1. The number of nitrogens with zero attached hydrogens (tertiary/aromatic N) is 3. The Morgan fingerprint density at radius 1 is 1.21 bits per heavy atom. The van der Waals surface area contributed by atoms with Crippen molar-refractivity contribution in [3.05, 3.63) is 22.4 Å². The largest absolute Gasteiger partial charge is 0.375 e. The van der Waals surface area contributed by atoms with Crippen molar-refractivity contribution in [2.75, 3.05) is 52.4 Å². The minimum Gasteiger partial charge on any atom is -0.375 e. The molecule has 3 aliphatic rings. The van der Waals surface area contributed by atoms with Crippen molar-refractivity contribution in [3.8, 4) is 0 Å². The molecule has 0 aromatic carbocycles. The Morgan fingerprint density at radius 2 is 1.96 bits per heavy atom. The normalized spacial score (nSPS) is 26.8. The number of hydrogen-bond acceptors (Lipinski definition) is 5. The molecule has 1 aromatic rings. The van der Waals surface area contributed by atoms with Gasteiger partial charge in [0, 0.05) is 58.5 Å². The predicted molar refractivity (Wildman–Crippen MR) is 114 cm³/mol. The molecule has 1 atom stereocenters. The first-order valence-corrected chi connectivity index (χ1v) is 11.9. The third-order valence-electron chi connectivity index (χ3n) is 6.71. The fourth-order valence-electron chi connectivity index (χ4n) is 5.16. The molecule has 4 rings (SSSR count). The number of amides is 1. The average Bonchev–Trinajstić information content (AvgIpc) is 3.23. The predicted octanol–water partition coefficient (Wildman–Crippen LogP) is 3.18. The molecule has 0 saturated carbocycles. The van der Waals surface area contributed by atoms with Gasteiger partial charge in [-0.2, -0.15) is 0 Å². The smallest absolute Gasteiger partial charge is 0.263 e. The molecule has 1 unspecified atom stereocenters. The van der Waals surface area contributed by atoms with E-state index in [2.05, 4.69) is 23.6 Å². The molecule has 0 bridgehead atoms. The molecule has 3 fully saturated rings. The van der Waals surface area contributed by atoms with Crippen LogP contribution in [0, 0.1) is 5.92 Å². The maximum Gasteiger partial charge on any atom is 0.263 e. The molecular weight excluding hydrogens is 370 g/mol. The molecule has 4 heterocycles. The summed E-state index contributed by atoms with van der Waals surface area (Å²) in [7, 11) is 0. The number of piperidine rings is 1. The van der Waals surface area contributed by atoms with Crippen LogP contribution in [0.1, 0.15) is 49.2 Å². The van der Waals surface area contributed by atoms with E-state index in [0.717, 1.165) is 56.2 Å². The molecule has 1 aromatic heterocycles. The number of rotatable bonds is 4. The molecule has 156 valence electrons. The van der Waals surface area contributed by atoms with Crippen LogP contribution in [0.5, 0.6) is 0 Å². The monoisotopic (exact) mass is 405 g/mol. The van der Waals surface area contributed by atoms with Crippen molar-refractivity contribution in [2.24, 2.45) is 5.92 Å². The summed E-state index contributed by atoms with van der Waals surface area (Å²) in [5, 5.41) is 1.98. The summed E-state index contributed by atoms with van der Waals surface area (Å²) in [4.78, 5) is 20.8. The second kappa shape index (κ2) is 8.82. The van der Waals surface area contributed by atoms with E-state index in [-0.39, 0.29) is 11.5 Å². The van der Waals surface area contributed by atoms with Crippen molar-refractivity contribution >= 4 is 17.2 Å². The Hall–Kier alpha value is -0.950. The molecule has 0 aliphatic carbocycles. The summed E-state index contributed by atoms with van der Waals surface area (Å²) in [5.41, 5.74) is -0.00971. The first-order valence-electron chi connectivity index (χ1n) is 11.0. The van der Waals surface area contributed by atoms with Gasteiger partial charge in [-0.25, -0.2) is 0 Å². The van der Waals surface area contributed by atoms with E-state index in [1.807, 2.05) is 22.4 Å². The maximum atomic E-state index is 12.6. The Bertz CT molecular complexity index is 632. The van der Waals surface area contributed by atoms with Crippen LogP contribution >= 0.6 is 11.3 Å². The van der Waals surface area contributed by atoms with Gasteiger partial charge in [0.25, 0.3) is 5.91 Å². The molecule has 28 heavy (non-hydrogen) atoms. The van der Waals surface area contributed by atoms with Crippen molar-refractivity contribution in [3.63, 3.8) is 0 Å². The average molecular weight is 406 g/mol. The fraction of sp³-hybridized carbons (Fsp3) is 0.773. The lowest BCUT2D eigenvalue weighted by molar-refractivity contribution is -0.132. The molecule has 5 nitrogen and oxygen atoms in total. The standard InChI is InChI=1S/C22H35N3O2S/c1-18(2)17-23-10-12-24(13-11-23)19-5-14-27-22(16-19)6-8-25(9-7-22)21(26)20-4-3-15-28-20/h3-4,15,18-19H,5-14,16-17H2,1-2H3. The van der Waals surface area contributed by atoms with E-state index in [4.69, 9.17) is 4.74 Å². The van der Waals surface area contributed by atoms with Crippen molar-refractivity contribution in [1.82, 2.24) is 14.7 Å². The Balaban J connectivity index is 1.29. The molecule has 1 amide bonds. The molecule has 6 heteroatoms. The van der Waals surface area contributed by atoms with Crippen LogP contribution in [0.3, 0.4) is 0 Å². The Labute approximate surface area is 173 Å². The number of hydrogen-bond donors (Lipinski definition) is 0. The second-order valence-electron chi connectivity index (χ2n) is 9.18. The van der Waals surface area contributed by atoms with Crippen molar-refractivity contribution in [2.45, 2.75) is 51.2 Å². The minimum absolute atomic E-state index is 0.00971. The first-order chi connectivity index (χ1) is 13.5. The van der Waals surface area contributed by atoms with Gasteiger partial charge in [0.15, 0.2) is 0 Å². The van der Waals surface area contributed by atoms with Crippen LogP contribution in [0.2, 0.25) is 0 Å². The number of ether oxygens (including phenoxy) is 1. The summed E-state index contributed by atoms with van der Waals surface area (Å²) in [6.07, 6.45) is 4.25. The van der Waals surface area contributed by atoms with Crippen molar-refractivity contribution < 1.29 is 9.53 Å². The van der Waals surface area contributed by atoms with Crippen LogP contribution in [-0.2, 0) is 4.74 Å². The zero-order chi connectivity index (χ0) is 19.6. The molecule has 3 aliphatic heterocycles. The van der Waals surface area contributed by atoms with Crippen LogP contribution < -0.4 is 0 Å². The van der Waals surface area contributed by atoms with Crippen molar-refractivity contribution in [1.29, 1.82) is 0 Å². The number of piperazine rings is 1. The quantitative estimate of drug-likeness (QED) is 0.771. The van der Waals surface area contributed by atoms with E-state index in [1.165, 1.54) is 32.7 Å². The molecule has 1 spiro atoms. The SMILES string of the molecule is CC(C)CN1CCN(C2CCOC3(CCN(C(=O)c4cccs4)CC3)C2)CC1. The highest BCUT2D eigenvalue weighted by Gasteiger charge is 2.43. The van der Waals surface area contributed by atoms with Gasteiger partial charge in [-0.15, -0.1) is 11.3 Å². The van der Waals surface area contributed by atoms with Gasteiger partial charge in [0.1, 0.15) is 0 Å². The lowest BCUT2D eigenvalue weighted by Crippen LogP contribution is -2.57. The highest BCUT2D eigenvalue weighted by atomic mass is 32.1. The Kier molecular flexibility index (Phi) is 6.40. The van der Waals surface area contributed by atoms with E-state index >= 15 is 0 Å². The van der Waals surface area contributed by atoms with Gasteiger partial charge in [-0.1, -0.05) is 19.9 Å². The number of likely N-dealkylation sites (tertiary alicyclic amines) is 1. The van der Waals surface area contributed by atoms with Gasteiger partial charge in [0.2, 0.25) is 0 Å². The van der Waals surface area contributed by atoms with E-state index < -0.39 is 0 Å². The molecule has 0 N–H and O–H groups in total. The lowest BCUT2D eigenvalue weighted by atomic mass is 9.81. The van der Waals surface area contributed by atoms with Gasteiger partial charge in [-0.05, 0) is 43.0 Å². The summed E-state index contributed by atoms with van der Waals surface area (Å²) >= 11 is 1.54. The van der Waals surface area contributed by atoms with Crippen LogP contribution in [0.25, 0.3) is 0 Å². The number of carbonyl (C=O) groups is 1. The number of thiophene rings is 1. The highest BCUT2D eigenvalue weighted by Crippen LogP contribution is 2.37. The molecule has 0 radical (unpaired) electrons. The van der Waals surface area contributed by atoms with E-state index in [0.29, 0.717) is 6.04 Å². The zero-order valence-corrected chi connectivity index (χ0v) is 18.3. The topological polar surface area (TPSA) is 36.0 Å². The summed E-state index contributed by atoms with van der Waals surface area (Å²) in [6, 6.07) is 4.54. The van der Waals surface area contributed by atoms with Gasteiger partial charge in [-0.3, -0.25) is 9.69 Å². The third kappa shape index (κ3) is 4.61. The third-order valence-corrected chi connectivity index (χ3v) is 7.57. The van der Waals surface area contributed by atoms with E-state index in [9.17, 15) is 4.79 Å². The highest BCUT2D eigenvalue weighted by molar-refractivity contribution is 7.12. The van der Waals surface area contributed by atoms with Crippen LogP contribution in [0.15, 0.2) is 17.5 Å². The Morgan fingerprint density at radius 3 is 2.61 bits per heavy atom. The van der Waals surface area contributed by atoms with E-state index in [1.54, 1.807) is 11.3 Å². The minimum atomic E-state index is -0.00971. The zero-order valence-electron chi connectivity index (χ0n) is 17.4. The maximum absolute atomic E-state index is 12.6. The second-order valence-corrected chi connectivity index (χ2v) is 10.1. The molecule has 3 saturated heterocycles. The van der Waals surface area contributed by atoms with Gasteiger partial charge < -0.3 is 14.5 Å². The fourth-order valence-corrected chi connectivity index (χ4v) is 5.85.